The van der Waals surface area contributed by atoms with Crippen LogP contribution in [0.5, 0.6) is 5.75 Å². The predicted octanol–water partition coefficient (Wildman–Crippen LogP) is 1.67. The Balaban J connectivity index is 2.07. The van der Waals surface area contributed by atoms with Crippen molar-refractivity contribution in [2.75, 3.05) is 12.4 Å². The lowest BCUT2D eigenvalue weighted by molar-refractivity contribution is -0.384. The first kappa shape index (κ1) is 14.3. The van der Waals surface area contributed by atoms with E-state index in [1.807, 2.05) is 0 Å². The zero-order valence-corrected chi connectivity index (χ0v) is 11.2. The fourth-order valence-electron chi connectivity index (χ4n) is 2.00. The maximum absolute atomic E-state index is 11.8. The number of hydrogen-bond donors (Lipinski definition) is 2. The maximum Gasteiger partial charge on any atom is 0.296 e. The lowest BCUT2D eigenvalue weighted by Gasteiger charge is -2.11. The van der Waals surface area contributed by atoms with Gasteiger partial charge in [-0.05, 0) is 30.9 Å². The SMILES string of the molecule is COc1ccc(NC(=O)CC(N)C2CC2)c([N+](=O)[O-])c1. The number of methoxy groups -OCH3 is 1. The topological polar surface area (TPSA) is 107 Å². The summed E-state index contributed by atoms with van der Waals surface area (Å²) in [5.74, 6) is 0.466. The Morgan fingerprint density at radius 2 is 2.30 bits per heavy atom. The Kier molecular flexibility index (Phi) is 4.19. The van der Waals surface area contributed by atoms with Gasteiger partial charge in [0.05, 0.1) is 18.1 Å². The van der Waals surface area contributed by atoms with E-state index >= 15 is 0 Å². The van der Waals surface area contributed by atoms with Gasteiger partial charge in [-0.15, -0.1) is 0 Å². The molecule has 0 bridgehead atoms. The predicted molar refractivity (Wildman–Crippen MR) is 73.6 cm³/mol. The van der Waals surface area contributed by atoms with Crippen LogP contribution in [0.1, 0.15) is 19.3 Å². The molecule has 0 saturated heterocycles. The molecule has 108 valence electrons. The van der Waals surface area contributed by atoms with Crippen molar-refractivity contribution in [2.45, 2.75) is 25.3 Å². The van der Waals surface area contributed by atoms with Crippen LogP contribution in [0.4, 0.5) is 11.4 Å². The molecule has 0 spiro atoms. The van der Waals surface area contributed by atoms with Crippen molar-refractivity contribution < 1.29 is 14.5 Å². The minimum Gasteiger partial charge on any atom is -0.496 e. The number of anilines is 1. The van der Waals surface area contributed by atoms with Crippen LogP contribution in [-0.4, -0.2) is 24.0 Å². The standard InChI is InChI=1S/C13H17N3O4/c1-20-9-4-5-11(12(6-9)16(18)19)15-13(17)7-10(14)8-2-3-8/h4-6,8,10H,2-3,7,14H2,1H3,(H,15,17). The van der Waals surface area contributed by atoms with Crippen LogP contribution >= 0.6 is 0 Å². The third kappa shape index (κ3) is 3.45. The molecule has 0 aliphatic heterocycles. The van der Waals surface area contributed by atoms with Gasteiger partial charge in [-0.3, -0.25) is 14.9 Å². The van der Waals surface area contributed by atoms with Crippen molar-refractivity contribution in [3.63, 3.8) is 0 Å². The molecule has 1 fully saturated rings. The molecule has 1 atom stereocenters. The number of nitro groups is 1. The molecule has 1 unspecified atom stereocenters. The normalized spacial score (nSPS) is 15.5. The smallest absolute Gasteiger partial charge is 0.296 e. The van der Waals surface area contributed by atoms with Gasteiger partial charge in [-0.2, -0.15) is 0 Å². The molecule has 7 heteroatoms. The largest absolute Gasteiger partial charge is 0.496 e. The van der Waals surface area contributed by atoms with E-state index in [1.165, 1.54) is 19.2 Å². The number of hydrogen-bond acceptors (Lipinski definition) is 5. The molecule has 1 saturated carbocycles. The molecule has 0 aromatic heterocycles. The first-order valence-electron chi connectivity index (χ1n) is 6.39. The summed E-state index contributed by atoms with van der Waals surface area (Å²) in [6, 6.07) is 4.12. The quantitative estimate of drug-likeness (QED) is 0.608. The number of carbonyl (C=O) groups is 1. The zero-order valence-electron chi connectivity index (χ0n) is 11.2. The average Bonchev–Trinajstić information content (AvgIpc) is 3.23. The molecular formula is C13H17N3O4. The van der Waals surface area contributed by atoms with Crippen molar-refractivity contribution in [1.29, 1.82) is 0 Å². The first-order valence-corrected chi connectivity index (χ1v) is 6.39. The van der Waals surface area contributed by atoms with Crippen molar-refractivity contribution in [2.24, 2.45) is 11.7 Å². The van der Waals surface area contributed by atoms with Gasteiger partial charge in [-0.1, -0.05) is 0 Å². The van der Waals surface area contributed by atoms with Crippen LogP contribution in [0.2, 0.25) is 0 Å². The van der Waals surface area contributed by atoms with E-state index in [1.54, 1.807) is 6.07 Å². The van der Waals surface area contributed by atoms with E-state index in [0.717, 1.165) is 12.8 Å². The molecule has 1 aromatic carbocycles. The highest BCUT2D eigenvalue weighted by Gasteiger charge is 2.30. The summed E-state index contributed by atoms with van der Waals surface area (Å²) in [6.45, 7) is 0. The molecule has 0 heterocycles. The number of amides is 1. The number of rotatable bonds is 6. The van der Waals surface area contributed by atoms with Gasteiger partial charge in [0.15, 0.2) is 0 Å². The lowest BCUT2D eigenvalue weighted by atomic mass is 10.1. The minimum absolute atomic E-state index is 0.156. The first-order chi connectivity index (χ1) is 9.51. The van der Waals surface area contributed by atoms with Gasteiger partial charge in [0.1, 0.15) is 11.4 Å². The van der Waals surface area contributed by atoms with Crippen LogP contribution in [0.25, 0.3) is 0 Å². The number of benzene rings is 1. The van der Waals surface area contributed by atoms with Crippen molar-refractivity contribution in [3.8, 4) is 5.75 Å². The Morgan fingerprint density at radius 1 is 1.60 bits per heavy atom. The summed E-state index contributed by atoms with van der Waals surface area (Å²) in [7, 11) is 1.42. The van der Waals surface area contributed by atoms with Crippen LogP contribution in [-0.2, 0) is 4.79 Å². The van der Waals surface area contributed by atoms with E-state index in [-0.39, 0.29) is 29.7 Å². The highest BCUT2D eigenvalue weighted by atomic mass is 16.6. The average molecular weight is 279 g/mol. The second-order valence-electron chi connectivity index (χ2n) is 4.89. The van der Waals surface area contributed by atoms with Crippen molar-refractivity contribution in [1.82, 2.24) is 0 Å². The van der Waals surface area contributed by atoms with Gasteiger partial charge in [0, 0.05) is 12.5 Å². The third-order valence-electron chi connectivity index (χ3n) is 3.32. The summed E-state index contributed by atoms with van der Waals surface area (Å²) in [6.07, 6.45) is 2.28. The number of carbonyl (C=O) groups excluding carboxylic acids is 1. The maximum atomic E-state index is 11.8. The molecule has 3 N–H and O–H groups in total. The summed E-state index contributed by atoms with van der Waals surface area (Å²) in [5, 5.41) is 13.5. The Hall–Kier alpha value is -2.15. The summed E-state index contributed by atoms with van der Waals surface area (Å²) in [4.78, 5) is 22.3. The fourth-order valence-corrected chi connectivity index (χ4v) is 2.00. The van der Waals surface area contributed by atoms with E-state index in [2.05, 4.69) is 5.32 Å². The fraction of sp³-hybridized carbons (Fsp3) is 0.462. The molecule has 2 rings (SSSR count). The number of nitrogens with two attached hydrogens (primary N) is 1. The van der Waals surface area contributed by atoms with Gasteiger partial charge >= 0.3 is 0 Å². The summed E-state index contributed by atoms with van der Waals surface area (Å²) in [5.41, 5.74) is 5.82. The van der Waals surface area contributed by atoms with Gasteiger partial charge in [-0.25, -0.2) is 0 Å². The molecule has 7 nitrogen and oxygen atoms in total. The highest BCUT2D eigenvalue weighted by molar-refractivity contribution is 5.93. The number of nitro benzene ring substituents is 1. The molecular weight excluding hydrogens is 262 g/mol. The van der Waals surface area contributed by atoms with E-state index in [9.17, 15) is 14.9 Å². The number of nitrogens with one attached hydrogen (secondary N) is 1. The second kappa shape index (κ2) is 5.87. The van der Waals surface area contributed by atoms with Crippen LogP contribution in [0, 0.1) is 16.0 Å². The van der Waals surface area contributed by atoms with E-state index in [0.29, 0.717) is 11.7 Å². The van der Waals surface area contributed by atoms with Crippen LogP contribution in [0.15, 0.2) is 18.2 Å². The molecule has 1 amide bonds. The van der Waals surface area contributed by atoms with Gasteiger partial charge in [0.25, 0.3) is 5.69 Å². The van der Waals surface area contributed by atoms with Crippen LogP contribution < -0.4 is 15.8 Å². The zero-order chi connectivity index (χ0) is 14.7. The van der Waals surface area contributed by atoms with Crippen LogP contribution in [0.3, 0.4) is 0 Å². The Bertz CT molecular complexity index is 528. The highest BCUT2D eigenvalue weighted by Crippen LogP contribution is 2.33. The molecule has 0 radical (unpaired) electrons. The number of nitrogens with zero attached hydrogens (tertiary/aromatic N) is 1. The van der Waals surface area contributed by atoms with Gasteiger partial charge in [0.2, 0.25) is 5.91 Å². The van der Waals surface area contributed by atoms with E-state index < -0.39 is 4.92 Å². The van der Waals surface area contributed by atoms with Crippen molar-refractivity contribution in [3.05, 3.63) is 28.3 Å². The summed E-state index contributed by atoms with van der Waals surface area (Å²) >= 11 is 0. The third-order valence-corrected chi connectivity index (χ3v) is 3.32. The molecule has 1 aliphatic carbocycles. The second-order valence-corrected chi connectivity index (χ2v) is 4.89. The summed E-state index contributed by atoms with van der Waals surface area (Å²) < 4.78 is 4.93. The Morgan fingerprint density at radius 3 is 2.85 bits per heavy atom. The number of ether oxygens (including phenoxy) is 1. The molecule has 1 aromatic rings. The van der Waals surface area contributed by atoms with E-state index in [4.69, 9.17) is 10.5 Å². The van der Waals surface area contributed by atoms with Crippen molar-refractivity contribution >= 4 is 17.3 Å². The minimum atomic E-state index is -0.557. The molecule has 20 heavy (non-hydrogen) atoms. The molecule has 1 aliphatic rings. The lowest BCUT2D eigenvalue weighted by Crippen LogP contribution is -2.29. The van der Waals surface area contributed by atoms with Gasteiger partial charge < -0.3 is 15.8 Å². The Labute approximate surface area is 116 Å². The monoisotopic (exact) mass is 279 g/mol.